The topological polar surface area (TPSA) is 94.5 Å². The first kappa shape index (κ1) is 18.5. The average Bonchev–Trinajstić information content (AvgIpc) is 2.90. The monoisotopic (exact) mass is 382 g/mol. The minimum absolute atomic E-state index is 0.00125. The molecule has 7 nitrogen and oxygen atoms in total. The van der Waals surface area contributed by atoms with E-state index in [2.05, 4.69) is 5.32 Å². The maximum absolute atomic E-state index is 12.4. The molecule has 0 spiro atoms. The lowest BCUT2D eigenvalue weighted by Gasteiger charge is -2.25. The maximum Gasteiger partial charge on any atom is 0.265 e. The van der Waals surface area contributed by atoms with E-state index >= 15 is 0 Å². The predicted molar refractivity (Wildman–Crippen MR) is 101 cm³/mol. The summed E-state index contributed by atoms with van der Waals surface area (Å²) >= 11 is 4.94. The van der Waals surface area contributed by atoms with Crippen LogP contribution in [0.5, 0.6) is 0 Å². The van der Waals surface area contributed by atoms with Crippen LogP contribution in [0.3, 0.4) is 0 Å². The van der Waals surface area contributed by atoms with Crippen molar-refractivity contribution in [2.24, 2.45) is 0 Å². The van der Waals surface area contributed by atoms with Gasteiger partial charge in [-0.2, -0.15) is 0 Å². The smallest absolute Gasteiger partial charge is 0.265 e. The first-order chi connectivity index (χ1) is 12.7. The molecular weight excluding hydrogens is 366 g/mol. The fourth-order valence-electron chi connectivity index (χ4n) is 2.98. The Morgan fingerprint density at radius 3 is 2.41 bits per heavy atom. The number of carboxylic acid groups (broad SMARTS) is 1. The molecule has 0 atom stereocenters. The number of aryl methyl sites for hydroxylation is 1. The van der Waals surface area contributed by atoms with E-state index in [9.17, 15) is 19.5 Å². The van der Waals surface area contributed by atoms with Gasteiger partial charge in [-0.25, -0.2) is 0 Å². The number of carbonyl (C=O) groups excluding carboxylic acids is 3. The second-order valence-corrected chi connectivity index (χ2v) is 6.56. The van der Waals surface area contributed by atoms with Crippen LogP contribution in [0.2, 0.25) is 0 Å². The van der Waals surface area contributed by atoms with Crippen molar-refractivity contribution < 1.29 is 19.5 Å². The summed E-state index contributed by atoms with van der Waals surface area (Å²) in [6, 6.07) is 8.13. The normalized spacial score (nSPS) is 16.0. The van der Waals surface area contributed by atoms with Crippen LogP contribution >= 0.6 is 12.2 Å². The number of aromatic nitrogens is 1. The zero-order chi connectivity index (χ0) is 19.9. The highest BCUT2D eigenvalue weighted by Gasteiger charge is 2.31. The zero-order valence-corrected chi connectivity index (χ0v) is 15.7. The second kappa shape index (κ2) is 6.81. The molecule has 2 amide bonds. The molecule has 0 bridgehead atoms. The molecule has 2 heterocycles. The van der Waals surface area contributed by atoms with E-state index in [4.69, 9.17) is 12.2 Å². The lowest BCUT2D eigenvalue weighted by molar-refractivity contribution is -0.255. The quantitative estimate of drug-likeness (QED) is 0.479. The Labute approximate surface area is 160 Å². The Bertz CT molecular complexity index is 1020. The molecule has 1 N–H and O–H groups in total. The van der Waals surface area contributed by atoms with Crippen LogP contribution in [0, 0.1) is 13.8 Å². The van der Waals surface area contributed by atoms with Crippen molar-refractivity contribution in [3.8, 4) is 5.69 Å². The summed E-state index contributed by atoms with van der Waals surface area (Å²) in [4.78, 5) is 36.6. The lowest BCUT2D eigenvalue weighted by Crippen LogP contribution is -2.52. The third-order valence-corrected chi connectivity index (χ3v) is 4.81. The number of amides is 2. The Hall–Kier alpha value is -3.26. The highest BCUT2D eigenvalue weighted by Crippen LogP contribution is 2.24. The van der Waals surface area contributed by atoms with Gasteiger partial charge in [-0.3, -0.25) is 19.8 Å². The standard InChI is InChI=1S/C19H17N3O4S/c1-10-8-13(9-15-16(23)20-19(27)21(3)17(15)24)11(2)22(10)14-6-4-12(5-7-14)18(25)26/h4-9H,1-3H3,(H,25,26)(H,20,23,27)/p-1/b15-9-. The number of carbonyl (C=O) groups is 3. The van der Waals surface area contributed by atoms with Gasteiger partial charge in [0.15, 0.2) is 5.11 Å². The summed E-state index contributed by atoms with van der Waals surface area (Å²) in [5, 5.41) is 13.5. The Kier molecular flexibility index (Phi) is 4.67. The Balaban J connectivity index is 2.03. The van der Waals surface area contributed by atoms with E-state index in [1.54, 1.807) is 12.1 Å². The molecule has 138 valence electrons. The zero-order valence-electron chi connectivity index (χ0n) is 14.9. The van der Waals surface area contributed by atoms with Crippen molar-refractivity contribution in [3.63, 3.8) is 0 Å². The number of nitrogens with zero attached hydrogens (tertiary/aromatic N) is 2. The van der Waals surface area contributed by atoms with Gasteiger partial charge in [-0.15, -0.1) is 0 Å². The van der Waals surface area contributed by atoms with Crippen molar-refractivity contribution in [1.29, 1.82) is 0 Å². The van der Waals surface area contributed by atoms with Gasteiger partial charge in [-0.05, 0) is 61.5 Å². The van der Waals surface area contributed by atoms with Crippen molar-refractivity contribution in [1.82, 2.24) is 14.8 Å². The SMILES string of the molecule is Cc1cc(/C=C2/C(=O)NC(=S)N(C)C2=O)c(C)n1-c1ccc(C(=O)[O-])cc1. The third-order valence-electron chi connectivity index (χ3n) is 4.44. The minimum atomic E-state index is -1.24. The van der Waals surface area contributed by atoms with Crippen molar-refractivity contribution >= 4 is 41.2 Å². The van der Waals surface area contributed by atoms with E-state index in [1.807, 2.05) is 24.5 Å². The highest BCUT2D eigenvalue weighted by atomic mass is 32.1. The molecule has 1 aliphatic rings. The molecule has 27 heavy (non-hydrogen) atoms. The summed E-state index contributed by atoms with van der Waals surface area (Å²) in [5.74, 6) is -2.24. The number of benzene rings is 1. The van der Waals surface area contributed by atoms with Gasteiger partial charge in [0.05, 0.1) is 5.97 Å². The van der Waals surface area contributed by atoms with Crippen LogP contribution in [0.4, 0.5) is 0 Å². The maximum atomic E-state index is 12.4. The highest BCUT2D eigenvalue weighted by molar-refractivity contribution is 7.80. The van der Waals surface area contributed by atoms with Gasteiger partial charge in [-0.1, -0.05) is 12.1 Å². The van der Waals surface area contributed by atoms with Crippen LogP contribution in [-0.2, 0) is 9.59 Å². The number of nitrogens with one attached hydrogen (secondary N) is 1. The molecule has 1 fully saturated rings. The molecule has 0 saturated carbocycles. The van der Waals surface area contributed by atoms with E-state index in [0.717, 1.165) is 17.1 Å². The number of rotatable bonds is 3. The van der Waals surface area contributed by atoms with Crippen molar-refractivity contribution in [2.75, 3.05) is 7.05 Å². The van der Waals surface area contributed by atoms with Gasteiger partial charge in [0.25, 0.3) is 11.8 Å². The summed E-state index contributed by atoms with van der Waals surface area (Å²) < 4.78 is 1.91. The minimum Gasteiger partial charge on any atom is -0.545 e. The fraction of sp³-hybridized carbons (Fsp3) is 0.158. The molecule has 1 aliphatic heterocycles. The summed E-state index contributed by atoms with van der Waals surface area (Å²) in [7, 11) is 1.50. The fourth-order valence-corrected chi connectivity index (χ4v) is 3.15. The van der Waals surface area contributed by atoms with Crippen LogP contribution in [-0.4, -0.2) is 39.4 Å². The molecular formula is C19H16N3O4S-. The van der Waals surface area contributed by atoms with Crippen LogP contribution in [0.15, 0.2) is 35.9 Å². The largest absolute Gasteiger partial charge is 0.545 e. The number of thiocarbonyl (C=S) groups is 1. The molecule has 1 saturated heterocycles. The second-order valence-electron chi connectivity index (χ2n) is 6.18. The molecule has 8 heteroatoms. The average molecular weight is 382 g/mol. The van der Waals surface area contributed by atoms with Gasteiger partial charge < -0.3 is 14.5 Å². The molecule has 2 aromatic rings. The van der Waals surface area contributed by atoms with Crippen molar-refractivity contribution in [3.05, 3.63) is 58.4 Å². The molecule has 0 aliphatic carbocycles. The van der Waals surface area contributed by atoms with Gasteiger partial charge in [0.1, 0.15) is 5.57 Å². The van der Waals surface area contributed by atoms with Crippen LogP contribution < -0.4 is 10.4 Å². The molecule has 3 rings (SSSR count). The summed E-state index contributed by atoms with van der Waals surface area (Å²) in [6.07, 6.45) is 1.53. The lowest BCUT2D eigenvalue weighted by atomic mass is 10.1. The van der Waals surface area contributed by atoms with Crippen LogP contribution in [0.1, 0.15) is 27.3 Å². The van der Waals surface area contributed by atoms with E-state index in [-0.39, 0.29) is 16.2 Å². The van der Waals surface area contributed by atoms with Crippen molar-refractivity contribution in [2.45, 2.75) is 13.8 Å². The Morgan fingerprint density at radius 1 is 1.19 bits per heavy atom. The number of hydrogen-bond donors (Lipinski definition) is 1. The molecule has 0 unspecified atom stereocenters. The first-order valence-corrected chi connectivity index (χ1v) is 8.47. The first-order valence-electron chi connectivity index (χ1n) is 8.06. The summed E-state index contributed by atoms with van der Waals surface area (Å²) in [5.41, 5.74) is 3.23. The van der Waals surface area contributed by atoms with E-state index in [0.29, 0.717) is 5.56 Å². The third kappa shape index (κ3) is 3.26. The van der Waals surface area contributed by atoms with Gasteiger partial charge in [0.2, 0.25) is 0 Å². The van der Waals surface area contributed by atoms with E-state index in [1.165, 1.54) is 30.2 Å². The molecule has 0 radical (unpaired) electrons. The van der Waals surface area contributed by atoms with Gasteiger partial charge in [0, 0.05) is 24.1 Å². The van der Waals surface area contributed by atoms with Gasteiger partial charge >= 0.3 is 0 Å². The predicted octanol–water partition coefficient (Wildman–Crippen LogP) is 0.714. The number of hydrogen-bond acceptors (Lipinski definition) is 5. The van der Waals surface area contributed by atoms with E-state index < -0.39 is 17.8 Å². The number of carboxylic acids is 1. The Morgan fingerprint density at radius 2 is 1.81 bits per heavy atom. The number of likely N-dealkylation sites (N-methyl/N-ethyl adjacent to an activating group) is 1. The molecule has 1 aromatic carbocycles. The number of aromatic carboxylic acids is 1. The summed E-state index contributed by atoms with van der Waals surface area (Å²) in [6.45, 7) is 3.73. The van der Waals surface area contributed by atoms with Crippen LogP contribution in [0.25, 0.3) is 11.8 Å². The molecule has 1 aromatic heterocycles.